The zero-order valence-corrected chi connectivity index (χ0v) is 19.0. The third-order valence-electron chi connectivity index (χ3n) is 4.85. The molecule has 0 radical (unpaired) electrons. The van der Waals surface area contributed by atoms with Crippen molar-refractivity contribution in [3.8, 4) is 0 Å². The summed E-state index contributed by atoms with van der Waals surface area (Å²) in [6.45, 7) is 9.35. The van der Waals surface area contributed by atoms with Gasteiger partial charge in [-0.25, -0.2) is 4.79 Å². The van der Waals surface area contributed by atoms with Gasteiger partial charge in [0.05, 0.1) is 0 Å². The number of hydrogen-bond acceptors (Lipinski definition) is 3. The molecule has 0 saturated carbocycles. The molecule has 0 aromatic carbocycles. The van der Waals surface area contributed by atoms with E-state index in [-0.39, 0.29) is 17.4 Å². The van der Waals surface area contributed by atoms with Crippen molar-refractivity contribution in [1.29, 1.82) is 0 Å². The Labute approximate surface area is 178 Å². The molecule has 0 aliphatic carbocycles. The monoisotopic (exact) mass is 405 g/mol. The molecule has 1 unspecified atom stereocenters. The number of carbonyl (C=O) groups excluding carboxylic acids is 2. The average molecular weight is 406 g/mol. The topological polar surface area (TPSA) is 55.4 Å². The minimum Gasteiger partial charge on any atom is -0.336 e. The number of allylic oxidation sites excluding steroid dienone is 4. The van der Waals surface area contributed by atoms with Crippen molar-refractivity contribution in [3.05, 3.63) is 36.5 Å². The average Bonchev–Trinajstić information content (AvgIpc) is 2.71. The van der Waals surface area contributed by atoms with Crippen molar-refractivity contribution in [2.45, 2.75) is 104 Å². The van der Waals surface area contributed by atoms with Crippen molar-refractivity contribution in [1.82, 2.24) is 5.48 Å². The van der Waals surface area contributed by atoms with Gasteiger partial charge in [-0.15, -0.1) is 0 Å². The van der Waals surface area contributed by atoms with Crippen LogP contribution in [0.15, 0.2) is 36.5 Å². The molecule has 0 bridgehead atoms. The molecule has 0 fully saturated rings. The Balaban J connectivity index is 3.80. The zero-order valence-electron chi connectivity index (χ0n) is 19.0. The molecular weight excluding hydrogens is 362 g/mol. The summed E-state index contributed by atoms with van der Waals surface area (Å²) in [4.78, 5) is 28.3. The van der Waals surface area contributed by atoms with Crippen LogP contribution < -0.4 is 5.48 Å². The van der Waals surface area contributed by atoms with Crippen molar-refractivity contribution in [3.63, 3.8) is 0 Å². The second kappa shape index (κ2) is 19.5. The smallest absolute Gasteiger partial charge is 0.336 e. The number of rotatable bonds is 17. The number of hydrogen-bond donors (Lipinski definition) is 1. The Kier molecular flexibility index (Phi) is 18.2. The highest BCUT2D eigenvalue weighted by molar-refractivity contribution is 5.88. The van der Waals surface area contributed by atoms with Gasteiger partial charge in [-0.1, -0.05) is 83.3 Å². The Hall–Kier alpha value is -1.84. The molecule has 0 spiro atoms. The normalized spacial score (nSPS) is 12.4. The molecule has 1 atom stereocenters. The molecule has 166 valence electrons. The second-order valence-corrected chi connectivity index (χ2v) is 7.79. The van der Waals surface area contributed by atoms with E-state index in [4.69, 9.17) is 4.84 Å². The standard InChI is InChI=1S/C25H43NO3/c1-5-7-8-9-10-11-12-13-14-15-16-17-18-19-21-23(20-6-2)24(27)26-29-25(28)22(3)4/h10-11,13-14,23H,3,5-9,12,15-21H2,1-2,4H3,(H,26,27). The number of amides is 1. The minimum atomic E-state index is -0.589. The fourth-order valence-electron chi connectivity index (χ4n) is 3.05. The molecule has 0 aliphatic rings. The predicted molar refractivity (Wildman–Crippen MR) is 122 cm³/mol. The molecule has 0 rings (SSSR count). The van der Waals surface area contributed by atoms with Gasteiger partial charge in [0, 0.05) is 11.5 Å². The first-order valence-corrected chi connectivity index (χ1v) is 11.5. The molecule has 1 amide bonds. The fourth-order valence-corrected chi connectivity index (χ4v) is 3.05. The second-order valence-electron chi connectivity index (χ2n) is 7.79. The Morgan fingerprint density at radius 1 is 0.862 bits per heavy atom. The van der Waals surface area contributed by atoms with Gasteiger partial charge in [-0.3, -0.25) is 4.79 Å². The number of carbonyl (C=O) groups is 2. The fraction of sp³-hybridized carbons (Fsp3) is 0.680. The van der Waals surface area contributed by atoms with Crippen LogP contribution in [0.25, 0.3) is 0 Å². The van der Waals surface area contributed by atoms with E-state index in [9.17, 15) is 9.59 Å². The minimum absolute atomic E-state index is 0.0954. The maximum Gasteiger partial charge on any atom is 0.358 e. The summed E-state index contributed by atoms with van der Waals surface area (Å²) in [7, 11) is 0. The van der Waals surface area contributed by atoms with Crippen LogP contribution in [0, 0.1) is 5.92 Å². The lowest BCUT2D eigenvalue weighted by Crippen LogP contribution is -2.33. The highest BCUT2D eigenvalue weighted by Crippen LogP contribution is 2.17. The number of hydroxylamine groups is 1. The molecule has 29 heavy (non-hydrogen) atoms. The van der Waals surface area contributed by atoms with Gasteiger partial charge in [0.2, 0.25) is 0 Å². The molecule has 4 heteroatoms. The van der Waals surface area contributed by atoms with Gasteiger partial charge in [0.25, 0.3) is 5.91 Å². The van der Waals surface area contributed by atoms with Crippen LogP contribution in [0.3, 0.4) is 0 Å². The van der Waals surface area contributed by atoms with Gasteiger partial charge in [-0.05, 0) is 51.9 Å². The highest BCUT2D eigenvalue weighted by atomic mass is 16.7. The van der Waals surface area contributed by atoms with Crippen molar-refractivity contribution >= 4 is 11.9 Å². The lowest BCUT2D eigenvalue weighted by atomic mass is 9.95. The lowest BCUT2D eigenvalue weighted by molar-refractivity contribution is -0.156. The van der Waals surface area contributed by atoms with E-state index >= 15 is 0 Å². The van der Waals surface area contributed by atoms with Crippen LogP contribution >= 0.6 is 0 Å². The maximum atomic E-state index is 12.2. The molecule has 4 nitrogen and oxygen atoms in total. The SMILES string of the molecule is C=C(C)C(=O)ONC(=O)C(CCC)CCCCCCC=CCC=CCCCCC. The summed E-state index contributed by atoms with van der Waals surface area (Å²) in [5.74, 6) is -0.886. The van der Waals surface area contributed by atoms with Crippen LogP contribution in [0.2, 0.25) is 0 Å². The van der Waals surface area contributed by atoms with Crippen molar-refractivity contribution in [2.24, 2.45) is 5.92 Å². The number of nitrogens with one attached hydrogen (secondary N) is 1. The molecule has 0 heterocycles. The van der Waals surface area contributed by atoms with E-state index in [1.807, 2.05) is 0 Å². The molecule has 0 aromatic rings. The Bertz CT molecular complexity index is 508. The number of unbranched alkanes of at least 4 members (excludes halogenated alkanes) is 7. The predicted octanol–water partition coefficient (Wildman–Crippen LogP) is 6.98. The van der Waals surface area contributed by atoms with E-state index in [1.165, 1.54) is 38.5 Å². The third-order valence-corrected chi connectivity index (χ3v) is 4.85. The van der Waals surface area contributed by atoms with Crippen LogP contribution in [0.5, 0.6) is 0 Å². The summed E-state index contributed by atoms with van der Waals surface area (Å²) in [5.41, 5.74) is 2.56. The van der Waals surface area contributed by atoms with Gasteiger partial charge in [0.1, 0.15) is 0 Å². The highest BCUT2D eigenvalue weighted by Gasteiger charge is 2.18. The molecule has 1 N–H and O–H groups in total. The summed E-state index contributed by atoms with van der Waals surface area (Å²) in [5, 5.41) is 0. The summed E-state index contributed by atoms with van der Waals surface area (Å²) >= 11 is 0. The van der Waals surface area contributed by atoms with E-state index < -0.39 is 5.97 Å². The molecule has 0 aliphatic heterocycles. The first-order chi connectivity index (χ1) is 14.0. The quantitative estimate of drug-likeness (QED) is 0.123. The van der Waals surface area contributed by atoms with E-state index in [1.54, 1.807) is 6.92 Å². The summed E-state index contributed by atoms with van der Waals surface area (Å²) in [6.07, 6.45) is 23.5. The van der Waals surface area contributed by atoms with Gasteiger partial charge < -0.3 is 4.84 Å². The van der Waals surface area contributed by atoms with Gasteiger partial charge in [-0.2, -0.15) is 5.48 Å². The first kappa shape index (κ1) is 27.2. The molecule has 0 aromatic heterocycles. The molecule has 0 saturated heterocycles. The zero-order chi connectivity index (χ0) is 21.7. The maximum absolute atomic E-state index is 12.2. The summed E-state index contributed by atoms with van der Waals surface area (Å²) < 4.78 is 0. The lowest BCUT2D eigenvalue weighted by Gasteiger charge is -2.15. The first-order valence-electron chi connectivity index (χ1n) is 11.5. The van der Waals surface area contributed by atoms with Crippen LogP contribution in [-0.4, -0.2) is 11.9 Å². The summed E-state index contributed by atoms with van der Waals surface area (Å²) in [6, 6.07) is 0. The van der Waals surface area contributed by atoms with Gasteiger partial charge >= 0.3 is 5.97 Å². The third kappa shape index (κ3) is 16.8. The van der Waals surface area contributed by atoms with E-state index in [0.717, 1.165) is 44.9 Å². The van der Waals surface area contributed by atoms with E-state index in [2.05, 4.69) is 50.2 Å². The van der Waals surface area contributed by atoms with Gasteiger partial charge in [0.15, 0.2) is 0 Å². The van der Waals surface area contributed by atoms with Crippen LogP contribution in [0.4, 0.5) is 0 Å². The van der Waals surface area contributed by atoms with Crippen molar-refractivity contribution < 1.29 is 14.4 Å². The van der Waals surface area contributed by atoms with E-state index in [0.29, 0.717) is 0 Å². The largest absolute Gasteiger partial charge is 0.358 e. The molecular formula is C25H43NO3. The Morgan fingerprint density at radius 2 is 1.48 bits per heavy atom. The van der Waals surface area contributed by atoms with Crippen LogP contribution in [-0.2, 0) is 14.4 Å². The van der Waals surface area contributed by atoms with Crippen LogP contribution in [0.1, 0.15) is 104 Å². The van der Waals surface area contributed by atoms with Crippen molar-refractivity contribution in [2.75, 3.05) is 0 Å². The Morgan fingerprint density at radius 3 is 2.07 bits per heavy atom.